The van der Waals surface area contributed by atoms with Gasteiger partial charge in [-0.15, -0.1) is 0 Å². The third-order valence-electron chi connectivity index (χ3n) is 7.89. The molecule has 1 N–H and O–H groups in total. The number of rotatable bonds is 16. The first-order chi connectivity index (χ1) is 24.0. The van der Waals surface area contributed by atoms with Crippen molar-refractivity contribution in [3.8, 4) is 23.0 Å². The van der Waals surface area contributed by atoms with Crippen LogP contribution in [0.1, 0.15) is 18.1 Å². The maximum absolute atomic E-state index is 14.8. The molecule has 0 spiro atoms. The molecule has 0 aromatic heterocycles. The second kappa shape index (κ2) is 17.3. The van der Waals surface area contributed by atoms with Crippen molar-refractivity contribution >= 4 is 50.7 Å². The van der Waals surface area contributed by atoms with E-state index in [1.165, 1.54) is 63.7 Å². The number of amides is 2. The number of likely N-dealkylation sites (N-methyl/N-ethyl adjacent to an activating group) is 1. The van der Waals surface area contributed by atoms with Gasteiger partial charge in [-0.1, -0.05) is 59.6 Å². The number of benzene rings is 4. The van der Waals surface area contributed by atoms with Crippen molar-refractivity contribution in [1.29, 1.82) is 0 Å². The molecule has 14 heteroatoms. The first-order valence-electron chi connectivity index (χ1n) is 15.5. The van der Waals surface area contributed by atoms with E-state index in [9.17, 15) is 18.0 Å². The van der Waals surface area contributed by atoms with E-state index in [4.69, 9.17) is 42.1 Å². The van der Waals surface area contributed by atoms with E-state index in [1.807, 2.05) is 30.3 Å². The van der Waals surface area contributed by atoms with Gasteiger partial charge < -0.3 is 29.2 Å². The van der Waals surface area contributed by atoms with Gasteiger partial charge in [0.2, 0.25) is 11.8 Å². The number of halogens is 2. The molecule has 1 unspecified atom stereocenters. The lowest BCUT2D eigenvalue weighted by molar-refractivity contribution is -0.140. The van der Waals surface area contributed by atoms with Crippen molar-refractivity contribution in [3.05, 3.63) is 106 Å². The van der Waals surface area contributed by atoms with Crippen molar-refractivity contribution in [2.45, 2.75) is 30.8 Å². The molecule has 11 nitrogen and oxygen atoms in total. The first kappa shape index (κ1) is 38.2. The van der Waals surface area contributed by atoms with Crippen LogP contribution in [0, 0.1) is 0 Å². The van der Waals surface area contributed by atoms with Crippen LogP contribution in [-0.2, 0) is 32.6 Å². The quantitative estimate of drug-likeness (QED) is 0.148. The standard InChI is InChI=1S/C36H39Cl2N3O8S/c1-6-39-36(43)31(19-24-11-8-7-9-12-24)40(22-27-28(37)13-10-14-29(27)38)35(42)23-41(30-20-25(46-2)15-17-32(30)47-3)50(44,45)26-16-18-33(48-4)34(21-26)49-5/h7-18,20-21,31H,6,19,22-23H2,1-5H3,(H,39,43). The molecule has 50 heavy (non-hydrogen) atoms. The van der Waals surface area contributed by atoms with Crippen LogP contribution >= 0.6 is 23.2 Å². The molecule has 4 aromatic rings. The van der Waals surface area contributed by atoms with Crippen LogP contribution in [0.4, 0.5) is 5.69 Å². The molecule has 2 amide bonds. The van der Waals surface area contributed by atoms with Crippen LogP contribution in [0.3, 0.4) is 0 Å². The zero-order chi connectivity index (χ0) is 36.4. The van der Waals surface area contributed by atoms with Gasteiger partial charge in [0, 0.05) is 47.3 Å². The number of methoxy groups -OCH3 is 4. The van der Waals surface area contributed by atoms with E-state index in [-0.39, 0.29) is 45.1 Å². The number of carbonyl (C=O) groups is 2. The number of nitrogens with one attached hydrogen (secondary N) is 1. The number of nitrogens with zero attached hydrogens (tertiary/aromatic N) is 2. The molecule has 0 saturated carbocycles. The molecule has 0 heterocycles. The van der Waals surface area contributed by atoms with Gasteiger partial charge in [-0.05, 0) is 48.9 Å². The highest BCUT2D eigenvalue weighted by Gasteiger charge is 2.36. The van der Waals surface area contributed by atoms with E-state index in [2.05, 4.69) is 5.32 Å². The van der Waals surface area contributed by atoms with Crippen LogP contribution in [0.2, 0.25) is 10.0 Å². The lowest BCUT2D eigenvalue weighted by Gasteiger charge is -2.34. The minimum absolute atomic E-state index is 0.0170. The second-order valence-electron chi connectivity index (χ2n) is 10.9. The summed E-state index contributed by atoms with van der Waals surface area (Å²) in [4.78, 5) is 29.7. The Balaban J connectivity index is 1.92. The molecule has 0 aliphatic rings. The summed E-state index contributed by atoms with van der Waals surface area (Å²) < 4.78 is 51.9. The number of ether oxygens (including phenoxy) is 4. The monoisotopic (exact) mass is 743 g/mol. The van der Waals surface area contributed by atoms with E-state index < -0.39 is 34.4 Å². The molecule has 0 radical (unpaired) electrons. The molecule has 0 aliphatic heterocycles. The fourth-order valence-corrected chi connectivity index (χ4v) is 7.26. The van der Waals surface area contributed by atoms with Gasteiger partial charge in [0.05, 0.1) is 39.0 Å². The Morgan fingerprint density at radius 3 is 2.02 bits per heavy atom. The topological polar surface area (TPSA) is 124 Å². The third-order valence-corrected chi connectivity index (χ3v) is 10.4. The predicted octanol–water partition coefficient (Wildman–Crippen LogP) is 6.00. The molecule has 0 fully saturated rings. The molecule has 4 aromatic carbocycles. The average molecular weight is 745 g/mol. The van der Waals surface area contributed by atoms with Crippen LogP contribution < -0.4 is 28.6 Å². The highest BCUT2D eigenvalue weighted by molar-refractivity contribution is 7.92. The molecule has 0 aliphatic carbocycles. The number of hydrogen-bond acceptors (Lipinski definition) is 8. The maximum atomic E-state index is 14.8. The third kappa shape index (κ3) is 8.73. The van der Waals surface area contributed by atoms with Gasteiger partial charge >= 0.3 is 0 Å². The SMILES string of the molecule is CCNC(=O)C(Cc1ccccc1)N(Cc1c(Cl)cccc1Cl)C(=O)CN(c1cc(OC)ccc1OC)S(=O)(=O)c1ccc(OC)c(OC)c1. The van der Waals surface area contributed by atoms with Gasteiger partial charge in [0.25, 0.3) is 10.0 Å². The summed E-state index contributed by atoms with van der Waals surface area (Å²) >= 11 is 13.2. The lowest BCUT2D eigenvalue weighted by atomic mass is 10.0. The highest BCUT2D eigenvalue weighted by atomic mass is 35.5. The number of sulfonamides is 1. The Bertz CT molecular complexity index is 1890. The van der Waals surface area contributed by atoms with Crippen molar-refractivity contribution in [1.82, 2.24) is 10.2 Å². The van der Waals surface area contributed by atoms with E-state index in [1.54, 1.807) is 31.2 Å². The average Bonchev–Trinajstić information content (AvgIpc) is 3.12. The van der Waals surface area contributed by atoms with Crippen molar-refractivity contribution in [2.24, 2.45) is 0 Å². The molecular formula is C36H39Cl2N3O8S. The Labute approximate surface area is 302 Å². The Hall–Kier alpha value is -4.65. The van der Waals surface area contributed by atoms with Crippen molar-refractivity contribution in [2.75, 3.05) is 45.8 Å². The minimum Gasteiger partial charge on any atom is -0.497 e. The zero-order valence-electron chi connectivity index (χ0n) is 28.3. The van der Waals surface area contributed by atoms with Gasteiger partial charge in [0.1, 0.15) is 24.1 Å². The van der Waals surface area contributed by atoms with Crippen LogP contribution in [-0.4, -0.2) is 72.7 Å². The largest absolute Gasteiger partial charge is 0.497 e. The molecular weight excluding hydrogens is 705 g/mol. The summed E-state index contributed by atoms with van der Waals surface area (Å²) in [7, 11) is 1.08. The minimum atomic E-state index is -4.54. The van der Waals surface area contributed by atoms with Gasteiger partial charge in [-0.25, -0.2) is 8.42 Å². The van der Waals surface area contributed by atoms with E-state index in [0.717, 1.165) is 9.87 Å². The van der Waals surface area contributed by atoms with Gasteiger partial charge in [-0.2, -0.15) is 0 Å². The highest BCUT2D eigenvalue weighted by Crippen LogP contribution is 2.38. The number of anilines is 1. The summed E-state index contributed by atoms with van der Waals surface area (Å²) in [6.07, 6.45) is 0.116. The van der Waals surface area contributed by atoms with Gasteiger partial charge in [0.15, 0.2) is 11.5 Å². The molecule has 0 bridgehead atoms. The summed E-state index contributed by atoms with van der Waals surface area (Å²) in [5.74, 6) is -0.242. The smallest absolute Gasteiger partial charge is 0.265 e. The molecule has 266 valence electrons. The maximum Gasteiger partial charge on any atom is 0.265 e. The number of hydrogen-bond donors (Lipinski definition) is 1. The van der Waals surface area contributed by atoms with Crippen LogP contribution in [0.15, 0.2) is 89.8 Å². The Morgan fingerprint density at radius 1 is 0.780 bits per heavy atom. The molecule has 1 atom stereocenters. The van der Waals surface area contributed by atoms with Gasteiger partial charge in [-0.3, -0.25) is 13.9 Å². The molecule has 0 saturated heterocycles. The second-order valence-corrected chi connectivity index (χ2v) is 13.6. The summed E-state index contributed by atoms with van der Waals surface area (Å²) in [5.41, 5.74) is 1.18. The van der Waals surface area contributed by atoms with Crippen LogP contribution in [0.25, 0.3) is 0 Å². The lowest BCUT2D eigenvalue weighted by Crippen LogP contribution is -2.53. The fraction of sp³-hybridized carbons (Fsp3) is 0.278. The fourth-order valence-electron chi connectivity index (χ4n) is 5.31. The summed E-state index contributed by atoms with van der Waals surface area (Å²) in [6.45, 7) is 1.10. The zero-order valence-corrected chi connectivity index (χ0v) is 30.6. The van der Waals surface area contributed by atoms with Crippen LogP contribution in [0.5, 0.6) is 23.0 Å². The first-order valence-corrected chi connectivity index (χ1v) is 17.7. The van der Waals surface area contributed by atoms with E-state index >= 15 is 0 Å². The summed E-state index contributed by atoms with van der Waals surface area (Å²) in [5, 5.41) is 3.37. The predicted molar refractivity (Wildman–Crippen MR) is 193 cm³/mol. The Morgan fingerprint density at radius 2 is 1.42 bits per heavy atom. The van der Waals surface area contributed by atoms with Crippen molar-refractivity contribution in [3.63, 3.8) is 0 Å². The van der Waals surface area contributed by atoms with Crippen molar-refractivity contribution < 1.29 is 37.0 Å². The van der Waals surface area contributed by atoms with E-state index in [0.29, 0.717) is 23.6 Å². The Kier molecular flexibility index (Phi) is 13.2. The summed E-state index contributed by atoms with van der Waals surface area (Å²) in [6, 6.07) is 21.7. The normalized spacial score (nSPS) is 11.7. The molecule has 4 rings (SSSR count). The number of carbonyl (C=O) groups excluding carboxylic acids is 2.